The minimum absolute atomic E-state index is 0.114. The average Bonchev–Trinajstić information content (AvgIpc) is 3.05. The van der Waals surface area contributed by atoms with E-state index in [9.17, 15) is 14.3 Å². The van der Waals surface area contributed by atoms with Crippen LogP contribution >= 0.6 is 22.6 Å². The van der Waals surface area contributed by atoms with Gasteiger partial charge in [0.25, 0.3) is 0 Å². The Morgan fingerprint density at radius 3 is 2.39 bits per heavy atom. The Kier molecular flexibility index (Phi) is 4.33. The Hall–Kier alpha value is -2.35. The van der Waals surface area contributed by atoms with Crippen LogP contribution in [0.3, 0.4) is 0 Å². The predicted molar refractivity (Wildman–Crippen MR) is 95.1 cm³/mol. The van der Waals surface area contributed by atoms with Gasteiger partial charge < -0.3 is 15.0 Å². The lowest BCUT2D eigenvalue weighted by Gasteiger charge is -2.13. The Morgan fingerprint density at radius 2 is 1.78 bits per heavy atom. The molecule has 116 valence electrons. The standard InChI is InChI=1S/C17H12FIN2O2/c18-14-9-13(17(22)23)15(10-16(14)21-7-1-2-8-21)20-12-5-3-11(19)4-6-12/h1-10,20H,(H,22,23). The Morgan fingerprint density at radius 1 is 1.13 bits per heavy atom. The fourth-order valence-electron chi connectivity index (χ4n) is 2.22. The van der Waals surface area contributed by atoms with Gasteiger partial charge in [-0.15, -0.1) is 0 Å². The summed E-state index contributed by atoms with van der Waals surface area (Å²) in [6.07, 6.45) is 3.40. The van der Waals surface area contributed by atoms with Gasteiger partial charge in [0.15, 0.2) is 0 Å². The maximum Gasteiger partial charge on any atom is 0.337 e. The van der Waals surface area contributed by atoms with Crippen LogP contribution in [0.1, 0.15) is 10.4 Å². The first-order chi connectivity index (χ1) is 11.0. The Balaban J connectivity index is 2.07. The summed E-state index contributed by atoms with van der Waals surface area (Å²) in [6.45, 7) is 0. The largest absolute Gasteiger partial charge is 0.478 e. The van der Waals surface area contributed by atoms with Crippen LogP contribution in [0.4, 0.5) is 15.8 Å². The zero-order valence-electron chi connectivity index (χ0n) is 11.8. The number of aromatic nitrogens is 1. The molecule has 3 aromatic rings. The van der Waals surface area contributed by atoms with Crippen molar-refractivity contribution in [3.8, 4) is 5.69 Å². The molecule has 6 heteroatoms. The third-order valence-corrected chi connectivity index (χ3v) is 4.04. The van der Waals surface area contributed by atoms with Gasteiger partial charge in [-0.05, 0) is 71.1 Å². The molecule has 1 heterocycles. The Labute approximate surface area is 145 Å². The third kappa shape index (κ3) is 3.37. The molecular formula is C17H12FIN2O2. The van der Waals surface area contributed by atoms with Crippen molar-refractivity contribution < 1.29 is 14.3 Å². The highest BCUT2D eigenvalue weighted by molar-refractivity contribution is 14.1. The number of aromatic carboxylic acids is 1. The fraction of sp³-hybridized carbons (Fsp3) is 0. The lowest BCUT2D eigenvalue weighted by atomic mass is 10.1. The number of hydrogen-bond donors (Lipinski definition) is 2. The zero-order chi connectivity index (χ0) is 16.4. The molecule has 4 nitrogen and oxygen atoms in total. The molecule has 0 radical (unpaired) electrons. The van der Waals surface area contributed by atoms with Gasteiger partial charge in [0.2, 0.25) is 0 Å². The van der Waals surface area contributed by atoms with Crippen LogP contribution in [0.15, 0.2) is 60.9 Å². The number of carboxylic acid groups (broad SMARTS) is 1. The first kappa shape index (κ1) is 15.5. The molecule has 3 rings (SSSR count). The number of anilines is 2. The van der Waals surface area contributed by atoms with Crippen molar-refractivity contribution >= 4 is 39.9 Å². The van der Waals surface area contributed by atoms with E-state index in [1.807, 2.05) is 24.3 Å². The molecule has 0 atom stereocenters. The van der Waals surface area contributed by atoms with Crippen molar-refractivity contribution in [2.24, 2.45) is 0 Å². The van der Waals surface area contributed by atoms with E-state index in [1.54, 1.807) is 29.1 Å². The van der Waals surface area contributed by atoms with Crippen LogP contribution in [-0.2, 0) is 0 Å². The fourth-order valence-corrected chi connectivity index (χ4v) is 2.58. The highest BCUT2D eigenvalue weighted by Gasteiger charge is 2.16. The molecule has 2 aromatic carbocycles. The minimum atomic E-state index is -1.18. The summed E-state index contributed by atoms with van der Waals surface area (Å²) in [6, 6.07) is 13.6. The van der Waals surface area contributed by atoms with E-state index in [4.69, 9.17) is 0 Å². The van der Waals surface area contributed by atoms with Crippen molar-refractivity contribution in [1.29, 1.82) is 0 Å². The van der Waals surface area contributed by atoms with Crippen molar-refractivity contribution in [3.63, 3.8) is 0 Å². The highest BCUT2D eigenvalue weighted by atomic mass is 127. The first-order valence-electron chi connectivity index (χ1n) is 6.77. The SMILES string of the molecule is O=C(O)c1cc(F)c(-n2cccc2)cc1Nc1ccc(I)cc1. The number of carboxylic acids is 1. The van der Waals surface area contributed by atoms with Crippen LogP contribution in [-0.4, -0.2) is 15.6 Å². The van der Waals surface area contributed by atoms with E-state index < -0.39 is 11.8 Å². The maximum atomic E-state index is 14.2. The third-order valence-electron chi connectivity index (χ3n) is 3.32. The quantitative estimate of drug-likeness (QED) is 0.602. The van der Waals surface area contributed by atoms with Gasteiger partial charge in [0.1, 0.15) is 5.82 Å². The maximum absolute atomic E-state index is 14.2. The molecule has 23 heavy (non-hydrogen) atoms. The minimum Gasteiger partial charge on any atom is -0.478 e. The van der Waals surface area contributed by atoms with Gasteiger partial charge in [0.05, 0.1) is 16.9 Å². The van der Waals surface area contributed by atoms with E-state index in [2.05, 4.69) is 27.9 Å². The highest BCUT2D eigenvalue weighted by Crippen LogP contribution is 2.27. The molecule has 2 N–H and O–H groups in total. The summed E-state index contributed by atoms with van der Waals surface area (Å²) in [5.74, 6) is -1.78. The average molecular weight is 422 g/mol. The summed E-state index contributed by atoms with van der Waals surface area (Å²) in [5, 5.41) is 12.4. The van der Waals surface area contributed by atoms with Gasteiger partial charge >= 0.3 is 5.97 Å². The number of nitrogens with zero attached hydrogens (tertiary/aromatic N) is 1. The molecule has 0 aliphatic carbocycles. The Bertz CT molecular complexity index is 846. The first-order valence-corrected chi connectivity index (χ1v) is 7.85. The van der Waals surface area contributed by atoms with Crippen LogP contribution in [0.25, 0.3) is 5.69 Å². The monoisotopic (exact) mass is 422 g/mol. The van der Waals surface area contributed by atoms with E-state index in [0.717, 1.165) is 15.3 Å². The van der Waals surface area contributed by atoms with Crippen molar-refractivity contribution in [2.45, 2.75) is 0 Å². The van der Waals surface area contributed by atoms with E-state index >= 15 is 0 Å². The van der Waals surface area contributed by atoms with Crippen LogP contribution in [0, 0.1) is 9.39 Å². The molecule has 1 aromatic heterocycles. The number of nitrogens with one attached hydrogen (secondary N) is 1. The molecule has 0 amide bonds. The lowest BCUT2D eigenvalue weighted by molar-refractivity contribution is 0.0697. The molecule has 0 bridgehead atoms. The molecule has 0 aliphatic heterocycles. The molecule has 0 saturated heterocycles. The van der Waals surface area contributed by atoms with Crippen LogP contribution < -0.4 is 5.32 Å². The molecule has 0 fully saturated rings. The van der Waals surface area contributed by atoms with Crippen LogP contribution in [0.5, 0.6) is 0 Å². The lowest BCUT2D eigenvalue weighted by Crippen LogP contribution is -2.06. The molecular weight excluding hydrogens is 410 g/mol. The summed E-state index contributed by atoms with van der Waals surface area (Å²) in [7, 11) is 0. The van der Waals surface area contributed by atoms with E-state index in [0.29, 0.717) is 5.69 Å². The number of hydrogen-bond acceptors (Lipinski definition) is 2. The topological polar surface area (TPSA) is 54.3 Å². The smallest absolute Gasteiger partial charge is 0.337 e. The van der Waals surface area contributed by atoms with Crippen LogP contribution in [0.2, 0.25) is 0 Å². The summed E-state index contributed by atoms with van der Waals surface area (Å²) in [4.78, 5) is 11.4. The van der Waals surface area contributed by atoms with E-state index in [-0.39, 0.29) is 11.3 Å². The number of halogens is 2. The van der Waals surface area contributed by atoms with Crippen molar-refractivity contribution in [2.75, 3.05) is 5.32 Å². The second-order valence-electron chi connectivity index (χ2n) is 4.88. The molecule has 0 aliphatic rings. The van der Waals surface area contributed by atoms with Gasteiger partial charge in [-0.3, -0.25) is 0 Å². The second kappa shape index (κ2) is 6.41. The molecule has 0 saturated carbocycles. The van der Waals surface area contributed by atoms with Gasteiger partial charge in [-0.1, -0.05) is 0 Å². The summed E-state index contributed by atoms with van der Waals surface area (Å²) >= 11 is 2.19. The predicted octanol–water partition coefficient (Wildman–Crippen LogP) is 4.66. The summed E-state index contributed by atoms with van der Waals surface area (Å²) < 4.78 is 16.9. The van der Waals surface area contributed by atoms with Crippen molar-refractivity contribution in [1.82, 2.24) is 4.57 Å². The number of carbonyl (C=O) groups is 1. The van der Waals surface area contributed by atoms with Gasteiger partial charge in [0, 0.05) is 21.7 Å². The summed E-state index contributed by atoms with van der Waals surface area (Å²) in [5.41, 5.74) is 1.24. The number of benzene rings is 2. The van der Waals surface area contributed by atoms with Gasteiger partial charge in [-0.2, -0.15) is 0 Å². The number of rotatable bonds is 4. The van der Waals surface area contributed by atoms with Crippen molar-refractivity contribution in [3.05, 3.63) is 75.9 Å². The molecule has 0 unspecified atom stereocenters. The second-order valence-corrected chi connectivity index (χ2v) is 6.12. The molecule has 0 spiro atoms. The normalized spacial score (nSPS) is 10.5. The van der Waals surface area contributed by atoms with Gasteiger partial charge in [-0.25, -0.2) is 9.18 Å². The van der Waals surface area contributed by atoms with E-state index in [1.165, 1.54) is 6.07 Å². The zero-order valence-corrected chi connectivity index (χ0v) is 14.0.